The number of aromatic nitrogens is 1. The molecular formula is C16H23N3O. The molecule has 2 aliphatic rings. The van der Waals surface area contributed by atoms with Crippen LogP contribution in [0.4, 0.5) is 0 Å². The van der Waals surface area contributed by atoms with Gasteiger partial charge in [-0.05, 0) is 42.9 Å². The standard InChI is InChI=1S/C16H23N3O/c1-12-11-19(16(20)14-2-3-14)9-6-15(12)18-10-13-4-7-17-8-5-13/h4-5,7-8,12,14-15,18H,2-3,6,9-11H2,1H3/t12-,15+/m0/s1. The second kappa shape index (κ2) is 5.92. The molecule has 2 atom stereocenters. The molecule has 108 valence electrons. The predicted molar refractivity (Wildman–Crippen MR) is 77.9 cm³/mol. The average molecular weight is 273 g/mol. The largest absolute Gasteiger partial charge is 0.342 e. The molecule has 2 fully saturated rings. The molecule has 0 aromatic carbocycles. The van der Waals surface area contributed by atoms with Crippen LogP contribution in [0.3, 0.4) is 0 Å². The second-order valence-electron chi connectivity index (χ2n) is 6.17. The predicted octanol–water partition coefficient (Wildman–Crippen LogP) is 1.82. The van der Waals surface area contributed by atoms with E-state index in [1.165, 1.54) is 5.56 Å². The van der Waals surface area contributed by atoms with E-state index in [-0.39, 0.29) is 0 Å². The number of nitrogens with zero attached hydrogens (tertiary/aromatic N) is 2. The monoisotopic (exact) mass is 273 g/mol. The van der Waals surface area contributed by atoms with Crippen molar-refractivity contribution in [3.63, 3.8) is 0 Å². The van der Waals surface area contributed by atoms with Crippen LogP contribution in [-0.2, 0) is 11.3 Å². The average Bonchev–Trinajstić information content (AvgIpc) is 3.31. The second-order valence-corrected chi connectivity index (χ2v) is 6.17. The molecule has 4 heteroatoms. The molecule has 2 heterocycles. The number of pyridine rings is 1. The van der Waals surface area contributed by atoms with Crippen molar-refractivity contribution in [1.29, 1.82) is 0 Å². The van der Waals surface area contributed by atoms with Crippen molar-refractivity contribution in [3.8, 4) is 0 Å². The lowest BCUT2D eigenvalue weighted by molar-refractivity contribution is -0.134. The Balaban J connectivity index is 1.48. The molecule has 1 amide bonds. The lowest BCUT2D eigenvalue weighted by Gasteiger charge is -2.37. The van der Waals surface area contributed by atoms with Gasteiger partial charge in [-0.1, -0.05) is 6.92 Å². The zero-order chi connectivity index (χ0) is 13.9. The number of carbonyl (C=O) groups is 1. The van der Waals surface area contributed by atoms with Crippen LogP contribution in [0.2, 0.25) is 0 Å². The van der Waals surface area contributed by atoms with E-state index < -0.39 is 0 Å². The Morgan fingerprint density at radius 1 is 1.35 bits per heavy atom. The smallest absolute Gasteiger partial charge is 0.225 e. The van der Waals surface area contributed by atoms with Gasteiger partial charge in [0, 0.05) is 44.0 Å². The van der Waals surface area contributed by atoms with E-state index >= 15 is 0 Å². The highest BCUT2D eigenvalue weighted by Gasteiger charge is 2.36. The van der Waals surface area contributed by atoms with Crippen LogP contribution in [0.15, 0.2) is 24.5 Å². The van der Waals surface area contributed by atoms with Gasteiger partial charge < -0.3 is 10.2 Å². The van der Waals surface area contributed by atoms with Crippen LogP contribution < -0.4 is 5.32 Å². The van der Waals surface area contributed by atoms with Crippen molar-refractivity contribution in [2.75, 3.05) is 13.1 Å². The van der Waals surface area contributed by atoms with Crippen LogP contribution in [0, 0.1) is 11.8 Å². The molecule has 20 heavy (non-hydrogen) atoms. The minimum absolute atomic E-state index is 0.350. The molecular weight excluding hydrogens is 250 g/mol. The topological polar surface area (TPSA) is 45.2 Å². The lowest BCUT2D eigenvalue weighted by atomic mass is 9.93. The molecule has 0 spiro atoms. The third-order valence-corrected chi connectivity index (χ3v) is 4.46. The van der Waals surface area contributed by atoms with Gasteiger partial charge in [-0.25, -0.2) is 0 Å². The van der Waals surface area contributed by atoms with Crippen molar-refractivity contribution in [2.24, 2.45) is 11.8 Å². The maximum absolute atomic E-state index is 12.1. The maximum Gasteiger partial charge on any atom is 0.225 e. The molecule has 4 nitrogen and oxygen atoms in total. The van der Waals surface area contributed by atoms with Gasteiger partial charge in [0.15, 0.2) is 0 Å². The molecule has 1 N–H and O–H groups in total. The number of hydrogen-bond acceptors (Lipinski definition) is 3. The van der Waals surface area contributed by atoms with E-state index in [0.717, 1.165) is 38.9 Å². The molecule has 3 rings (SSSR count). The maximum atomic E-state index is 12.1. The van der Waals surface area contributed by atoms with Crippen molar-refractivity contribution < 1.29 is 4.79 Å². The summed E-state index contributed by atoms with van der Waals surface area (Å²) in [7, 11) is 0. The Bertz CT molecular complexity index is 458. The zero-order valence-corrected chi connectivity index (χ0v) is 12.1. The fourth-order valence-electron chi connectivity index (χ4n) is 2.99. The van der Waals surface area contributed by atoms with Crippen molar-refractivity contribution in [3.05, 3.63) is 30.1 Å². The number of amides is 1. The van der Waals surface area contributed by atoms with Gasteiger partial charge in [0.05, 0.1) is 0 Å². The van der Waals surface area contributed by atoms with Gasteiger partial charge in [0.25, 0.3) is 0 Å². The highest BCUT2D eigenvalue weighted by Crippen LogP contribution is 2.32. The first-order chi connectivity index (χ1) is 9.74. The van der Waals surface area contributed by atoms with Gasteiger partial charge in [-0.3, -0.25) is 9.78 Å². The van der Waals surface area contributed by atoms with E-state index in [9.17, 15) is 4.79 Å². The third-order valence-electron chi connectivity index (χ3n) is 4.46. The quantitative estimate of drug-likeness (QED) is 0.910. The van der Waals surface area contributed by atoms with Gasteiger partial charge in [-0.2, -0.15) is 0 Å². The first-order valence-corrected chi connectivity index (χ1v) is 7.65. The molecule has 1 aliphatic heterocycles. The Morgan fingerprint density at radius 2 is 2.10 bits per heavy atom. The van der Waals surface area contributed by atoms with Crippen LogP contribution in [0.1, 0.15) is 31.7 Å². The van der Waals surface area contributed by atoms with E-state index in [4.69, 9.17) is 0 Å². The van der Waals surface area contributed by atoms with E-state index in [1.807, 2.05) is 24.5 Å². The minimum Gasteiger partial charge on any atom is -0.342 e. The summed E-state index contributed by atoms with van der Waals surface area (Å²) in [5, 5.41) is 3.63. The first-order valence-electron chi connectivity index (χ1n) is 7.65. The van der Waals surface area contributed by atoms with Crippen molar-refractivity contribution in [1.82, 2.24) is 15.2 Å². The van der Waals surface area contributed by atoms with E-state index in [2.05, 4.69) is 22.1 Å². The molecule has 1 saturated heterocycles. The summed E-state index contributed by atoms with van der Waals surface area (Å²) in [5.74, 6) is 1.27. The van der Waals surface area contributed by atoms with Crippen molar-refractivity contribution in [2.45, 2.75) is 38.8 Å². The molecule has 1 aromatic heterocycles. The van der Waals surface area contributed by atoms with Crippen LogP contribution in [0.25, 0.3) is 0 Å². The van der Waals surface area contributed by atoms with Gasteiger partial charge in [0.2, 0.25) is 5.91 Å². The normalized spacial score (nSPS) is 26.6. The fourth-order valence-corrected chi connectivity index (χ4v) is 2.99. The number of likely N-dealkylation sites (tertiary alicyclic amines) is 1. The van der Waals surface area contributed by atoms with Crippen LogP contribution in [-0.4, -0.2) is 34.9 Å². The summed E-state index contributed by atoms with van der Waals surface area (Å²) < 4.78 is 0. The molecule has 1 aliphatic carbocycles. The Morgan fingerprint density at radius 3 is 2.75 bits per heavy atom. The highest BCUT2D eigenvalue weighted by atomic mass is 16.2. The summed E-state index contributed by atoms with van der Waals surface area (Å²) in [6.07, 6.45) is 6.93. The minimum atomic E-state index is 0.350. The molecule has 1 aromatic rings. The third kappa shape index (κ3) is 3.18. The van der Waals surface area contributed by atoms with Gasteiger partial charge >= 0.3 is 0 Å². The van der Waals surface area contributed by atoms with Gasteiger partial charge in [0.1, 0.15) is 0 Å². The van der Waals surface area contributed by atoms with E-state index in [0.29, 0.717) is 23.8 Å². The summed E-state index contributed by atoms with van der Waals surface area (Å²) in [6.45, 7) is 4.95. The number of hydrogen-bond donors (Lipinski definition) is 1. The van der Waals surface area contributed by atoms with Gasteiger partial charge in [-0.15, -0.1) is 0 Å². The Labute approximate surface area is 120 Å². The Hall–Kier alpha value is -1.42. The molecule has 0 bridgehead atoms. The van der Waals surface area contributed by atoms with Crippen LogP contribution in [0.5, 0.6) is 0 Å². The summed E-state index contributed by atoms with van der Waals surface area (Å²) >= 11 is 0. The number of nitrogens with one attached hydrogen (secondary N) is 1. The summed E-state index contributed by atoms with van der Waals surface area (Å²) in [4.78, 5) is 18.2. The SMILES string of the molecule is C[C@H]1CN(C(=O)C2CC2)CC[C@H]1NCc1ccncc1. The number of carbonyl (C=O) groups excluding carboxylic acids is 1. The lowest BCUT2D eigenvalue weighted by Crippen LogP contribution is -2.50. The fraction of sp³-hybridized carbons (Fsp3) is 0.625. The summed E-state index contributed by atoms with van der Waals surface area (Å²) in [5.41, 5.74) is 1.27. The number of piperidine rings is 1. The summed E-state index contributed by atoms with van der Waals surface area (Å²) in [6, 6.07) is 4.60. The van der Waals surface area contributed by atoms with Crippen molar-refractivity contribution >= 4 is 5.91 Å². The number of rotatable bonds is 4. The van der Waals surface area contributed by atoms with E-state index in [1.54, 1.807) is 0 Å². The van der Waals surface area contributed by atoms with Crippen LogP contribution >= 0.6 is 0 Å². The molecule has 0 radical (unpaired) electrons. The Kier molecular flexibility index (Phi) is 4.01. The molecule has 1 saturated carbocycles. The molecule has 0 unspecified atom stereocenters. The zero-order valence-electron chi connectivity index (χ0n) is 12.1. The highest BCUT2D eigenvalue weighted by molar-refractivity contribution is 5.81. The first kappa shape index (κ1) is 13.6.